The van der Waals surface area contributed by atoms with E-state index in [4.69, 9.17) is 53.5 Å². The number of methoxy groups -OCH3 is 2. The average molecular weight is 785 g/mol. The van der Waals surface area contributed by atoms with E-state index in [1.54, 1.807) is 14.2 Å². The predicted octanol–water partition coefficient (Wildman–Crippen LogP) is 7.39. The fourth-order valence-corrected chi connectivity index (χ4v) is 7.36. The molecule has 0 aliphatic heterocycles. The van der Waals surface area contributed by atoms with Crippen LogP contribution in [0.4, 0.5) is 0 Å². The molecule has 0 heterocycles. The van der Waals surface area contributed by atoms with Gasteiger partial charge in [0.05, 0.1) is 93.5 Å². The minimum absolute atomic E-state index is 0.263. The highest BCUT2D eigenvalue weighted by molar-refractivity contribution is 7.44. The molecule has 304 valence electrons. The minimum Gasteiger partial charge on any atom is -0.497 e. The molecule has 1 unspecified atom stereocenters. The van der Waals surface area contributed by atoms with Crippen molar-refractivity contribution < 1.29 is 46.9 Å². The zero-order valence-electron chi connectivity index (χ0n) is 33.5. The van der Waals surface area contributed by atoms with Crippen LogP contribution in [0.1, 0.15) is 44.4 Å². The quantitative estimate of drug-likeness (QED) is 0.0283. The van der Waals surface area contributed by atoms with Crippen LogP contribution in [0, 0.1) is 6.57 Å². The SMILES string of the molecule is [C-]#[N+]CCOP(OCCOCCOCCOCCOCCOCCOC(c1ccccc1)(c1ccc(OC)cc1)c1ccc(OC)cc1)N(C(C)C)C(C)C. The fourth-order valence-electron chi connectivity index (χ4n) is 5.79. The molecule has 55 heavy (non-hydrogen) atoms. The third-order valence-electron chi connectivity index (χ3n) is 8.29. The van der Waals surface area contributed by atoms with E-state index in [9.17, 15) is 0 Å². The molecule has 1 atom stereocenters. The molecule has 0 fully saturated rings. The van der Waals surface area contributed by atoms with Gasteiger partial charge in [-0.25, -0.2) is 11.2 Å². The van der Waals surface area contributed by atoms with Crippen LogP contribution < -0.4 is 9.47 Å². The normalized spacial score (nSPS) is 12.4. The molecule has 0 amide bonds. The van der Waals surface area contributed by atoms with Gasteiger partial charge in [-0.15, -0.1) is 0 Å². The van der Waals surface area contributed by atoms with Crippen molar-refractivity contribution in [2.75, 3.05) is 107 Å². The van der Waals surface area contributed by atoms with E-state index in [0.717, 1.165) is 28.2 Å². The van der Waals surface area contributed by atoms with Gasteiger partial charge < -0.3 is 51.8 Å². The van der Waals surface area contributed by atoms with Crippen molar-refractivity contribution in [3.8, 4) is 11.5 Å². The van der Waals surface area contributed by atoms with Crippen molar-refractivity contribution in [2.45, 2.75) is 45.4 Å². The molecule has 0 aliphatic rings. The first-order valence-corrected chi connectivity index (χ1v) is 20.0. The summed E-state index contributed by atoms with van der Waals surface area (Å²) in [4.78, 5) is 3.37. The second-order valence-corrected chi connectivity index (χ2v) is 14.2. The van der Waals surface area contributed by atoms with Crippen LogP contribution in [0.2, 0.25) is 0 Å². The zero-order chi connectivity index (χ0) is 39.6. The Hall–Kier alpha value is -3.18. The first-order chi connectivity index (χ1) is 26.9. The molecule has 13 heteroatoms. The number of rotatable bonds is 31. The molecule has 0 bridgehead atoms. The maximum absolute atomic E-state index is 6.99. The van der Waals surface area contributed by atoms with Crippen LogP contribution in [0.3, 0.4) is 0 Å². The highest BCUT2D eigenvalue weighted by Gasteiger charge is 2.38. The lowest BCUT2D eigenvalue weighted by Gasteiger charge is -2.36. The maximum atomic E-state index is 6.99. The third-order valence-corrected chi connectivity index (χ3v) is 10.4. The number of ether oxygens (including phenoxy) is 8. The van der Waals surface area contributed by atoms with E-state index >= 15 is 0 Å². The van der Waals surface area contributed by atoms with Crippen LogP contribution >= 0.6 is 8.53 Å². The summed E-state index contributed by atoms with van der Waals surface area (Å²) in [5, 5.41) is 0. The number of benzene rings is 3. The zero-order valence-corrected chi connectivity index (χ0v) is 34.4. The number of nitrogens with zero attached hydrogens (tertiary/aromatic N) is 2. The number of hydrogen-bond donors (Lipinski definition) is 0. The van der Waals surface area contributed by atoms with Gasteiger partial charge in [0.25, 0.3) is 8.53 Å². The molecule has 12 nitrogen and oxygen atoms in total. The predicted molar refractivity (Wildman–Crippen MR) is 215 cm³/mol. The van der Waals surface area contributed by atoms with Crippen LogP contribution in [0.25, 0.3) is 4.85 Å². The molecule has 0 spiro atoms. The summed E-state index contributed by atoms with van der Waals surface area (Å²) in [6.45, 7) is 21.4. The highest BCUT2D eigenvalue weighted by atomic mass is 31.2. The Balaban J connectivity index is 1.28. The summed E-state index contributed by atoms with van der Waals surface area (Å²) in [5.41, 5.74) is 2.06. The van der Waals surface area contributed by atoms with Gasteiger partial charge in [0.2, 0.25) is 6.54 Å². The molecule has 3 rings (SSSR count). The van der Waals surface area contributed by atoms with E-state index in [0.29, 0.717) is 92.4 Å². The molecule has 0 N–H and O–H groups in total. The van der Waals surface area contributed by atoms with Crippen molar-refractivity contribution in [1.82, 2.24) is 4.67 Å². The van der Waals surface area contributed by atoms with E-state index in [1.807, 2.05) is 66.7 Å². The Bertz CT molecular complexity index is 1390. The lowest BCUT2D eigenvalue weighted by atomic mass is 9.80. The standard InChI is InChI=1S/C42H61N2O10P/c1-35(2)44(36(3)4)55(53-22-21-43-5)54-34-32-51-30-28-49-26-24-47-23-25-48-27-29-50-31-33-52-42(37-11-9-8-10-12-37,38-13-17-40(45-6)18-14-38)39-15-19-41(46-7)20-16-39/h8-20,35-36H,21-34H2,1-4,6-7H3. The van der Waals surface area contributed by atoms with Gasteiger partial charge in [0.15, 0.2) is 0 Å². The number of hydrogen-bond acceptors (Lipinski definition) is 11. The van der Waals surface area contributed by atoms with Gasteiger partial charge in [-0.1, -0.05) is 54.6 Å². The highest BCUT2D eigenvalue weighted by Crippen LogP contribution is 2.45. The van der Waals surface area contributed by atoms with E-state index in [2.05, 4.69) is 49.3 Å². The Morgan fingerprint density at radius 3 is 1.31 bits per heavy atom. The van der Waals surface area contributed by atoms with Crippen molar-refractivity contribution in [3.63, 3.8) is 0 Å². The average Bonchev–Trinajstić information content (AvgIpc) is 3.20. The second-order valence-electron chi connectivity index (χ2n) is 12.8. The topological polar surface area (TPSA) is 99.9 Å². The molecular weight excluding hydrogens is 723 g/mol. The van der Waals surface area contributed by atoms with Crippen molar-refractivity contribution in [2.24, 2.45) is 0 Å². The molecule has 0 aromatic heterocycles. The Morgan fingerprint density at radius 1 is 0.527 bits per heavy atom. The smallest absolute Gasteiger partial charge is 0.259 e. The van der Waals surface area contributed by atoms with Crippen molar-refractivity contribution in [1.29, 1.82) is 0 Å². The molecule has 3 aromatic carbocycles. The third kappa shape index (κ3) is 16.1. The molecule has 0 saturated carbocycles. The van der Waals surface area contributed by atoms with Crippen LogP contribution in [-0.4, -0.2) is 123 Å². The first kappa shape index (κ1) is 46.2. The summed E-state index contributed by atoms with van der Waals surface area (Å²) in [5.74, 6) is 1.54. The van der Waals surface area contributed by atoms with Crippen LogP contribution in [-0.2, 0) is 43.1 Å². The summed E-state index contributed by atoms with van der Waals surface area (Å²) >= 11 is 0. The largest absolute Gasteiger partial charge is 0.497 e. The van der Waals surface area contributed by atoms with Crippen LogP contribution in [0.15, 0.2) is 78.9 Å². The summed E-state index contributed by atoms with van der Waals surface area (Å²) in [6, 6.07) is 26.7. The van der Waals surface area contributed by atoms with Gasteiger partial charge in [0, 0.05) is 12.1 Å². The molecular formula is C42H61N2O10P. The maximum Gasteiger partial charge on any atom is 0.259 e. The molecule has 0 aliphatic carbocycles. The lowest BCUT2D eigenvalue weighted by molar-refractivity contribution is -0.0392. The van der Waals surface area contributed by atoms with E-state index in [1.165, 1.54) is 0 Å². The van der Waals surface area contributed by atoms with E-state index < -0.39 is 14.1 Å². The summed E-state index contributed by atoms with van der Waals surface area (Å²) in [7, 11) is 2.06. The van der Waals surface area contributed by atoms with Gasteiger partial charge in [0.1, 0.15) is 23.7 Å². The minimum atomic E-state index is -1.25. The van der Waals surface area contributed by atoms with Gasteiger partial charge in [-0.3, -0.25) is 0 Å². The second kappa shape index (κ2) is 27.4. The Labute approximate surface area is 330 Å². The summed E-state index contributed by atoms with van der Waals surface area (Å²) in [6.07, 6.45) is 0. The lowest BCUT2D eigenvalue weighted by Crippen LogP contribution is -2.34. The monoisotopic (exact) mass is 784 g/mol. The van der Waals surface area contributed by atoms with Gasteiger partial charge >= 0.3 is 0 Å². The molecule has 3 aromatic rings. The fraction of sp³-hybridized carbons (Fsp3) is 0.548. The van der Waals surface area contributed by atoms with Crippen molar-refractivity contribution in [3.05, 3.63) is 107 Å². The Morgan fingerprint density at radius 2 is 0.909 bits per heavy atom. The molecule has 0 radical (unpaired) electrons. The first-order valence-electron chi connectivity index (χ1n) is 18.9. The van der Waals surface area contributed by atoms with Gasteiger partial charge in [-0.2, -0.15) is 0 Å². The van der Waals surface area contributed by atoms with Gasteiger partial charge in [-0.05, 0) is 68.7 Å². The van der Waals surface area contributed by atoms with E-state index in [-0.39, 0.29) is 12.1 Å². The molecule has 0 saturated heterocycles. The Kier molecular flexibility index (Phi) is 23.0. The van der Waals surface area contributed by atoms with Crippen molar-refractivity contribution >= 4 is 8.53 Å². The van der Waals surface area contributed by atoms with Crippen LogP contribution in [0.5, 0.6) is 11.5 Å². The summed E-state index contributed by atoms with van der Waals surface area (Å²) < 4.78 is 60.2.